The van der Waals surface area contributed by atoms with Crippen LogP contribution < -0.4 is 16.0 Å². The fourth-order valence-corrected chi connectivity index (χ4v) is 2.48. The van der Waals surface area contributed by atoms with Gasteiger partial charge in [0.25, 0.3) is 0 Å². The normalized spacial score (nSPS) is 18.4. The van der Waals surface area contributed by atoms with Crippen molar-refractivity contribution in [1.82, 2.24) is 0 Å². The fraction of sp³-hybridized carbons (Fsp3) is 0.562. The third-order valence-electron chi connectivity index (χ3n) is 4.06. The van der Waals surface area contributed by atoms with Crippen LogP contribution in [-0.2, 0) is 4.79 Å². The molecule has 0 aliphatic carbocycles. The third-order valence-corrected chi connectivity index (χ3v) is 4.06. The minimum Gasteiger partial charge on any atom is -0.370 e. The monoisotopic (exact) mass is 275 g/mol. The van der Waals surface area contributed by atoms with Crippen LogP contribution in [0, 0.1) is 5.92 Å². The topological polar surface area (TPSA) is 58.4 Å². The van der Waals surface area contributed by atoms with Crippen molar-refractivity contribution in [3.05, 3.63) is 24.3 Å². The van der Waals surface area contributed by atoms with E-state index in [0.717, 1.165) is 24.5 Å². The van der Waals surface area contributed by atoms with Gasteiger partial charge < -0.3 is 16.0 Å². The Bertz CT molecular complexity index is 453. The number of amides is 1. The first-order valence-corrected chi connectivity index (χ1v) is 7.50. The lowest BCUT2D eigenvalue weighted by Gasteiger charge is -2.30. The minimum atomic E-state index is -0.190. The minimum absolute atomic E-state index is 0.00976. The van der Waals surface area contributed by atoms with Crippen LogP contribution in [0.25, 0.3) is 0 Å². The molecule has 0 bridgehead atoms. The van der Waals surface area contributed by atoms with Crippen molar-refractivity contribution in [2.75, 3.05) is 23.3 Å². The van der Waals surface area contributed by atoms with Gasteiger partial charge in [0, 0.05) is 19.1 Å². The van der Waals surface area contributed by atoms with Crippen LogP contribution in [0.2, 0.25) is 0 Å². The molecular weight excluding hydrogens is 250 g/mol. The zero-order valence-electron chi connectivity index (χ0n) is 12.4. The molecule has 1 aromatic rings. The molecule has 1 aromatic carbocycles. The van der Waals surface area contributed by atoms with Gasteiger partial charge in [-0.3, -0.25) is 4.79 Å². The molecule has 4 nitrogen and oxygen atoms in total. The van der Waals surface area contributed by atoms with E-state index in [1.807, 2.05) is 32.0 Å². The summed E-state index contributed by atoms with van der Waals surface area (Å²) in [6.07, 6.45) is 3.74. The summed E-state index contributed by atoms with van der Waals surface area (Å²) < 4.78 is 0. The highest BCUT2D eigenvalue weighted by Gasteiger charge is 2.20. The lowest BCUT2D eigenvalue weighted by molar-refractivity contribution is -0.119. The highest BCUT2D eigenvalue weighted by molar-refractivity contribution is 5.96. The number of nitrogens with zero attached hydrogens (tertiary/aromatic N) is 1. The number of anilines is 2. The number of para-hydroxylation sites is 2. The van der Waals surface area contributed by atoms with Crippen LogP contribution in [-0.4, -0.2) is 25.0 Å². The predicted octanol–water partition coefficient (Wildman–Crippen LogP) is 2.60. The number of carbonyl (C=O) groups excluding carboxylic acids is 1. The van der Waals surface area contributed by atoms with Gasteiger partial charge in [-0.05, 0) is 38.3 Å². The SMILES string of the molecule is CC(N)C(C)C(=O)Nc1ccccc1N1CCCCC1. The number of nitrogens with one attached hydrogen (secondary N) is 1. The summed E-state index contributed by atoms with van der Waals surface area (Å²) >= 11 is 0. The molecule has 0 radical (unpaired) electrons. The van der Waals surface area contributed by atoms with Crippen molar-refractivity contribution in [1.29, 1.82) is 0 Å². The first-order chi connectivity index (χ1) is 9.59. The van der Waals surface area contributed by atoms with Crippen molar-refractivity contribution in [2.45, 2.75) is 39.2 Å². The smallest absolute Gasteiger partial charge is 0.228 e. The lowest BCUT2D eigenvalue weighted by atomic mass is 10.0. The van der Waals surface area contributed by atoms with Gasteiger partial charge in [0.2, 0.25) is 5.91 Å². The average Bonchev–Trinajstić information content (AvgIpc) is 2.47. The van der Waals surface area contributed by atoms with E-state index in [9.17, 15) is 4.79 Å². The molecule has 1 aliphatic heterocycles. The summed E-state index contributed by atoms with van der Waals surface area (Å²) in [5, 5.41) is 3.03. The Morgan fingerprint density at radius 2 is 1.85 bits per heavy atom. The maximum absolute atomic E-state index is 12.2. The van der Waals surface area contributed by atoms with Gasteiger partial charge in [0.15, 0.2) is 0 Å². The molecule has 0 aromatic heterocycles. The summed E-state index contributed by atoms with van der Waals surface area (Å²) in [5.41, 5.74) is 7.82. The Labute approximate surface area is 121 Å². The Kier molecular flexibility index (Phi) is 5.01. The van der Waals surface area contributed by atoms with Gasteiger partial charge in [0.05, 0.1) is 17.3 Å². The molecule has 2 atom stereocenters. The van der Waals surface area contributed by atoms with Gasteiger partial charge in [-0.2, -0.15) is 0 Å². The molecule has 3 N–H and O–H groups in total. The zero-order chi connectivity index (χ0) is 14.5. The number of carbonyl (C=O) groups is 1. The van der Waals surface area contributed by atoms with E-state index in [-0.39, 0.29) is 17.9 Å². The Hall–Kier alpha value is -1.55. The molecule has 4 heteroatoms. The van der Waals surface area contributed by atoms with Gasteiger partial charge in [-0.25, -0.2) is 0 Å². The number of hydrogen-bond acceptors (Lipinski definition) is 3. The Morgan fingerprint density at radius 3 is 2.50 bits per heavy atom. The van der Waals surface area contributed by atoms with Crippen molar-refractivity contribution in [2.24, 2.45) is 11.7 Å². The predicted molar refractivity (Wildman–Crippen MR) is 83.9 cm³/mol. The first-order valence-electron chi connectivity index (χ1n) is 7.50. The molecule has 0 saturated carbocycles. The molecule has 1 fully saturated rings. The number of benzene rings is 1. The first kappa shape index (κ1) is 14.9. The number of nitrogens with two attached hydrogens (primary N) is 1. The van der Waals surface area contributed by atoms with Gasteiger partial charge in [0.1, 0.15) is 0 Å². The van der Waals surface area contributed by atoms with Gasteiger partial charge in [-0.1, -0.05) is 19.1 Å². The molecule has 0 spiro atoms. The highest BCUT2D eigenvalue weighted by Crippen LogP contribution is 2.28. The van der Waals surface area contributed by atoms with Crippen molar-refractivity contribution in [3.8, 4) is 0 Å². The van der Waals surface area contributed by atoms with Gasteiger partial charge in [-0.15, -0.1) is 0 Å². The maximum Gasteiger partial charge on any atom is 0.228 e. The van der Waals surface area contributed by atoms with E-state index in [4.69, 9.17) is 5.73 Å². The molecular formula is C16H25N3O. The van der Waals surface area contributed by atoms with E-state index in [1.54, 1.807) is 0 Å². The molecule has 2 unspecified atom stereocenters. The molecule has 1 saturated heterocycles. The second-order valence-corrected chi connectivity index (χ2v) is 5.70. The molecule has 1 heterocycles. The second kappa shape index (κ2) is 6.75. The summed E-state index contributed by atoms with van der Waals surface area (Å²) in [6.45, 7) is 5.86. The van der Waals surface area contributed by atoms with Crippen molar-refractivity contribution < 1.29 is 4.79 Å². The molecule has 20 heavy (non-hydrogen) atoms. The van der Waals surface area contributed by atoms with E-state index < -0.39 is 0 Å². The number of hydrogen-bond donors (Lipinski definition) is 2. The van der Waals surface area contributed by atoms with E-state index in [1.165, 1.54) is 19.3 Å². The largest absolute Gasteiger partial charge is 0.370 e. The highest BCUT2D eigenvalue weighted by atomic mass is 16.1. The summed E-state index contributed by atoms with van der Waals surface area (Å²) in [4.78, 5) is 14.5. The standard InChI is InChI=1S/C16H25N3O/c1-12(13(2)17)16(20)18-14-8-4-5-9-15(14)19-10-6-3-7-11-19/h4-5,8-9,12-13H,3,6-7,10-11,17H2,1-2H3,(H,18,20). The maximum atomic E-state index is 12.2. The van der Waals surface area contributed by atoms with E-state index in [2.05, 4.69) is 16.3 Å². The van der Waals surface area contributed by atoms with Crippen LogP contribution in [0.5, 0.6) is 0 Å². The van der Waals surface area contributed by atoms with Crippen LogP contribution in [0.15, 0.2) is 24.3 Å². The summed E-state index contributed by atoms with van der Waals surface area (Å²) in [5.74, 6) is -0.200. The number of piperidine rings is 1. The summed E-state index contributed by atoms with van der Waals surface area (Å²) in [6, 6.07) is 7.89. The van der Waals surface area contributed by atoms with Crippen molar-refractivity contribution >= 4 is 17.3 Å². The van der Waals surface area contributed by atoms with Crippen LogP contribution in [0.1, 0.15) is 33.1 Å². The summed E-state index contributed by atoms with van der Waals surface area (Å²) in [7, 11) is 0. The molecule has 110 valence electrons. The average molecular weight is 275 g/mol. The second-order valence-electron chi connectivity index (χ2n) is 5.70. The van der Waals surface area contributed by atoms with Crippen LogP contribution in [0.3, 0.4) is 0 Å². The third kappa shape index (κ3) is 3.51. The van der Waals surface area contributed by atoms with Crippen LogP contribution >= 0.6 is 0 Å². The van der Waals surface area contributed by atoms with Crippen molar-refractivity contribution in [3.63, 3.8) is 0 Å². The van der Waals surface area contributed by atoms with E-state index in [0.29, 0.717) is 0 Å². The van der Waals surface area contributed by atoms with Gasteiger partial charge >= 0.3 is 0 Å². The molecule has 2 rings (SSSR count). The number of rotatable bonds is 4. The zero-order valence-corrected chi connectivity index (χ0v) is 12.4. The Balaban J connectivity index is 2.13. The molecule has 1 aliphatic rings. The Morgan fingerprint density at radius 1 is 1.20 bits per heavy atom. The molecule has 1 amide bonds. The van der Waals surface area contributed by atoms with Crippen LogP contribution in [0.4, 0.5) is 11.4 Å². The quantitative estimate of drug-likeness (QED) is 0.888. The fourth-order valence-electron chi connectivity index (χ4n) is 2.48. The van der Waals surface area contributed by atoms with E-state index >= 15 is 0 Å². The lowest BCUT2D eigenvalue weighted by Crippen LogP contribution is -2.35.